The van der Waals surface area contributed by atoms with Crippen molar-refractivity contribution >= 4 is 21.8 Å². The molecule has 1 aromatic rings. The van der Waals surface area contributed by atoms with E-state index in [1.54, 1.807) is 0 Å². The molecule has 0 bridgehead atoms. The Morgan fingerprint density at radius 3 is 2.71 bits per heavy atom. The lowest BCUT2D eigenvalue weighted by Crippen LogP contribution is -2.47. The number of carbonyl (C=O) groups excluding carboxylic acids is 1. The molecule has 1 saturated heterocycles. The molecule has 4 heteroatoms. The molecule has 114 valence electrons. The van der Waals surface area contributed by atoms with E-state index < -0.39 is 0 Å². The molecular formula is C17H23BrN2O. The van der Waals surface area contributed by atoms with Gasteiger partial charge in [0.05, 0.1) is 0 Å². The number of nitrogens with zero attached hydrogens (tertiary/aromatic N) is 1. The van der Waals surface area contributed by atoms with Crippen LogP contribution in [0.2, 0.25) is 0 Å². The molecule has 1 heterocycles. The van der Waals surface area contributed by atoms with Crippen molar-refractivity contribution in [2.24, 2.45) is 0 Å². The second-order valence-corrected chi connectivity index (χ2v) is 7.20. The monoisotopic (exact) mass is 350 g/mol. The van der Waals surface area contributed by atoms with Crippen LogP contribution in [0, 0.1) is 6.92 Å². The lowest BCUT2D eigenvalue weighted by molar-refractivity contribution is 0.0912. The van der Waals surface area contributed by atoms with E-state index in [1.807, 2.05) is 25.1 Å². The van der Waals surface area contributed by atoms with Crippen LogP contribution in [-0.2, 0) is 0 Å². The normalized spacial score (nSPS) is 26.2. The Morgan fingerprint density at radius 2 is 2.00 bits per heavy atom. The number of likely N-dealkylation sites (tertiary alicyclic amines) is 1. The summed E-state index contributed by atoms with van der Waals surface area (Å²) in [7, 11) is 0. The van der Waals surface area contributed by atoms with Crippen LogP contribution in [0.5, 0.6) is 0 Å². The van der Waals surface area contributed by atoms with Gasteiger partial charge in [0, 0.05) is 22.1 Å². The third-order valence-electron chi connectivity index (χ3n) is 4.84. The average Bonchev–Trinajstić information content (AvgIpc) is 3.08. The minimum atomic E-state index is 0.0797. The number of carbonyl (C=O) groups is 1. The minimum absolute atomic E-state index is 0.0797. The highest BCUT2D eigenvalue weighted by Crippen LogP contribution is 2.27. The standard InChI is InChI=1S/C17H23BrN2O/c1-12-11-13(18)7-8-14(12)17(21)19-15-5-4-6-16(15)20-9-2-3-10-20/h7-8,11,15-16H,2-6,9-10H2,1H3,(H,19,21)/t15-,16+/m1/s1. The van der Waals surface area contributed by atoms with Gasteiger partial charge in [-0.1, -0.05) is 15.9 Å². The third-order valence-corrected chi connectivity index (χ3v) is 5.33. The third kappa shape index (κ3) is 3.32. The van der Waals surface area contributed by atoms with Crippen molar-refractivity contribution in [3.05, 3.63) is 33.8 Å². The van der Waals surface area contributed by atoms with Crippen molar-refractivity contribution in [3.63, 3.8) is 0 Å². The maximum Gasteiger partial charge on any atom is 0.251 e. The Kier molecular flexibility index (Phi) is 4.65. The first-order valence-electron chi connectivity index (χ1n) is 7.96. The van der Waals surface area contributed by atoms with Crippen molar-refractivity contribution in [2.45, 2.75) is 51.1 Å². The summed E-state index contributed by atoms with van der Waals surface area (Å²) in [5, 5.41) is 3.29. The molecule has 1 saturated carbocycles. The number of amides is 1. The zero-order valence-electron chi connectivity index (χ0n) is 12.6. The number of rotatable bonds is 3. The molecule has 2 aliphatic rings. The van der Waals surface area contributed by atoms with Crippen LogP contribution in [0.25, 0.3) is 0 Å². The predicted molar refractivity (Wildman–Crippen MR) is 88.6 cm³/mol. The van der Waals surface area contributed by atoms with E-state index in [-0.39, 0.29) is 5.91 Å². The summed E-state index contributed by atoms with van der Waals surface area (Å²) in [6, 6.07) is 6.72. The van der Waals surface area contributed by atoms with Crippen molar-refractivity contribution in [1.29, 1.82) is 0 Å². The quantitative estimate of drug-likeness (QED) is 0.904. The first-order valence-corrected chi connectivity index (χ1v) is 8.75. The van der Waals surface area contributed by atoms with E-state index in [9.17, 15) is 4.79 Å². The fourth-order valence-corrected chi connectivity index (χ4v) is 4.22. The molecule has 2 atom stereocenters. The van der Waals surface area contributed by atoms with Crippen LogP contribution in [0.4, 0.5) is 0 Å². The predicted octanol–water partition coefficient (Wildman–Crippen LogP) is 3.50. The van der Waals surface area contributed by atoms with E-state index in [2.05, 4.69) is 26.1 Å². The van der Waals surface area contributed by atoms with Gasteiger partial charge in [0.25, 0.3) is 5.91 Å². The van der Waals surface area contributed by atoms with E-state index in [1.165, 1.54) is 38.8 Å². The highest BCUT2D eigenvalue weighted by atomic mass is 79.9. The van der Waals surface area contributed by atoms with Gasteiger partial charge in [0.2, 0.25) is 0 Å². The number of halogens is 1. The Labute approximate surface area is 135 Å². The molecule has 1 N–H and O–H groups in total. The minimum Gasteiger partial charge on any atom is -0.348 e. The number of benzene rings is 1. The van der Waals surface area contributed by atoms with E-state index in [0.717, 1.165) is 22.0 Å². The van der Waals surface area contributed by atoms with Crippen molar-refractivity contribution in [2.75, 3.05) is 13.1 Å². The molecule has 1 aromatic carbocycles. The van der Waals surface area contributed by atoms with Gasteiger partial charge >= 0.3 is 0 Å². The van der Waals surface area contributed by atoms with Gasteiger partial charge in [-0.3, -0.25) is 9.69 Å². The van der Waals surface area contributed by atoms with Crippen LogP contribution in [-0.4, -0.2) is 36.0 Å². The molecule has 0 spiro atoms. The second kappa shape index (κ2) is 6.49. The molecule has 0 unspecified atom stereocenters. The van der Waals surface area contributed by atoms with Crippen LogP contribution < -0.4 is 5.32 Å². The van der Waals surface area contributed by atoms with Crippen LogP contribution >= 0.6 is 15.9 Å². The molecule has 1 amide bonds. The van der Waals surface area contributed by atoms with Gasteiger partial charge in [-0.15, -0.1) is 0 Å². The van der Waals surface area contributed by atoms with Gasteiger partial charge in [0.15, 0.2) is 0 Å². The molecule has 0 radical (unpaired) electrons. The summed E-state index contributed by atoms with van der Waals surface area (Å²) in [5.41, 5.74) is 1.82. The van der Waals surface area contributed by atoms with Gasteiger partial charge in [-0.25, -0.2) is 0 Å². The molecule has 1 aliphatic carbocycles. The summed E-state index contributed by atoms with van der Waals surface area (Å²) in [4.78, 5) is 15.1. The molecule has 21 heavy (non-hydrogen) atoms. The Balaban J connectivity index is 1.68. The first-order chi connectivity index (χ1) is 10.1. The number of nitrogens with one attached hydrogen (secondary N) is 1. The molecular weight excluding hydrogens is 328 g/mol. The molecule has 2 fully saturated rings. The van der Waals surface area contributed by atoms with E-state index >= 15 is 0 Å². The van der Waals surface area contributed by atoms with E-state index in [0.29, 0.717) is 12.1 Å². The van der Waals surface area contributed by atoms with Crippen molar-refractivity contribution < 1.29 is 4.79 Å². The molecule has 3 rings (SSSR count). The second-order valence-electron chi connectivity index (χ2n) is 6.28. The average molecular weight is 351 g/mol. The lowest BCUT2D eigenvalue weighted by Gasteiger charge is -2.29. The van der Waals surface area contributed by atoms with Crippen molar-refractivity contribution in [1.82, 2.24) is 10.2 Å². The van der Waals surface area contributed by atoms with Gasteiger partial charge < -0.3 is 5.32 Å². The fraction of sp³-hybridized carbons (Fsp3) is 0.588. The summed E-state index contributed by atoms with van der Waals surface area (Å²) in [6.45, 7) is 4.40. The Hall–Kier alpha value is -0.870. The number of hydrogen-bond donors (Lipinski definition) is 1. The van der Waals surface area contributed by atoms with Gasteiger partial charge in [0.1, 0.15) is 0 Å². The zero-order chi connectivity index (χ0) is 14.8. The highest BCUT2D eigenvalue weighted by Gasteiger charge is 2.34. The SMILES string of the molecule is Cc1cc(Br)ccc1C(=O)N[C@@H]1CCC[C@@H]1N1CCCC1. The van der Waals surface area contributed by atoms with Crippen LogP contribution in [0.1, 0.15) is 48.0 Å². The van der Waals surface area contributed by atoms with E-state index in [4.69, 9.17) is 0 Å². The molecule has 1 aliphatic heterocycles. The van der Waals surface area contributed by atoms with Gasteiger partial charge in [-0.2, -0.15) is 0 Å². The Bertz CT molecular complexity index is 526. The van der Waals surface area contributed by atoms with Crippen LogP contribution in [0.15, 0.2) is 22.7 Å². The highest BCUT2D eigenvalue weighted by molar-refractivity contribution is 9.10. The van der Waals surface area contributed by atoms with Gasteiger partial charge in [-0.05, 0) is 75.9 Å². The lowest BCUT2D eigenvalue weighted by atomic mass is 10.1. The molecule has 3 nitrogen and oxygen atoms in total. The summed E-state index contributed by atoms with van der Waals surface area (Å²) in [6.07, 6.45) is 6.18. The summed E-state index contributed by atoms with van der Waals surface area (Å²) >= 11 is 3.45. The first kappa shape index (κ1) is 15.0. The summed E-state index contributed by atoms with van der Waals surface area (Å²) < 4.78 is 1.02. The summed E-state index contributed by atoms with van der Waals surface area (Å²) in [5.74, 6) is 0.0797. The zero-order valence-corrected chi connectivity index (χ0v) is 14.2. The number of aryl methyl sites for hydroxylation is 1. The molecule has 0 aromatic heterocycles. The van der Waals surface area contributed by atoms with Crippen LogP contribution in [0.3, 0.4) is 0 Å². The smallest absolute Gasteiger partial charge is 0.251 e. The maximum atomic E-state index is 12.5. The Morgan fingerprint density at radius 1 is 1.24 bits per heavy atom. The topological polar surface area (TPSA) is 32.3 Å². The largest absolute Gasteiger partial charge is 0.348 e. The maximum absolute atomic E-state index is 12.5. The van der Waals surface area contributed by atoms with Crippen molar-refractivity contribution in [3.8, 4) is 0 Å². The number of hydrogen-bond acceptors (Lipinski definition) is 2. The fourth-order valence-electron chi connectivity index (χ4n) is 3.75.